The molecular formula is C12H10F2N2O4S2. The fourth-order valence-corrected chi connectivity index (χ4v) is 3.77. The molecule has 1 aromatic heterocycles. The summed E-state index contributed by atoms with van der Waals surface area (Å²) in [6.07, 6.45) is 0. The van der Waals surface area contributed by atoms with Crippen molar-refractivity contribution in [3.63, 3.8) is 0 Å². The van der Waals surface area contributed by atoms with Crippen molar-refractivity contribution in [2.45, 2.75) is 11.8 Å². The van der Waals surface area contributed by atoms with Crippen LogP contribution in [0.3, 0.4) is 0 Å². The molecule has 0 unspecified atom stereocenters. The molecule has 1 heterocycles. The minimum atomic E-state index is -4.29. The number of benzene rings is 1. The quantitative estimate of drug-likeness (QED) is 0.857. The molecule has 1 N–H and O–H groups in total. The van der Waals surface area contributed by atoms with Gasteiger partial charge in [0.1, 0.15) is 21.4 Å². The van der Waals surface area contributed by atoms with Crippen molar-refractivity contribution in [3.8, 4) is 0 Å². The highest BCUT2D eigenvalue weighted by Crippen LogP contribution is 2.26. The standard InChI is InChI=1S/C12H10F2N2O4S2/c1-6-10(11(17)20-2)21-12(15-6)16-22(18,19)9-4-3-7(13)5-8(9)14/h3-5H,1-2H3,(H,15,16). The summed E-state index contributed by atoms with van der Waals surface area (Å²) < 4.78 is 57.1. The maximum absolute atomic E-state index is 13.6. The molecule has 0 saturated heterocycles. The van der Waals surface area contributed by atoms with E-state index in [-0.39, 0.29) is 15.7 Å². The fraction of sp³-hybridized carbons (Fsp3) is 0.167. The minimum Gasteiger partial charge on any atom is -0.465 e. The van der Waals surface area contributed by atoms with E-state index in [2.05, 4.69) is 9.72 Å². The van der Waals surface area contributed by atoms with Gasteiger partial charge in [-0.05, 0) is 19.1 Å². The third-order valence-corrected chi connectivity index (χ3v) is 5.13. The van der Waals surface area contributed by atoms with Gasteiger partial charge < -0.3 is 4.74 Å². The normalized spacial score (nSPS) is 11.3. The Balaban J connectivity index is 2.35. The molecule has 0 saturated carbocycles. The van der Waals surface area contributed by atoms with Gasteiger partial charge in [0, 0.05) is 6.07 Å². The maximum Gasteiger partial charge on any atom is 0.350 e. The Labute approximate surface area is 128 Å². The summed E-state index contributed by atoms with van der Waals surface area (Å²) in [4.78, 5) is 14.7. The molecule has 6 nitrogen and oxygen atoms in total. The lowest BCUT2D eigenvalue weighted by atomic mass is 10.3. The van der Waals surface area contributed by atoms with Gasteiger partial charge in [0.15, 0.2) is 5.13 Å². The monoisotopic (exact) mass is 348 g/mol. The van der Waals surface area contributed by atoms with E-state index in [9.17, 15) is 22.0 Å². The van der Waals surface area contributed by atoms with Gasteiger partial charge in [-0.1, -0.05) is 11.3 Å². The Bertz CT molecular complexity index is 834. The van der Waals surface area contributed by atoms with E-state index in [4.69, 9.17) is 0 Å². The number of aromatic nitrogens is 1. The zero-order valence-electron chi connectivity index (χ0n) is 11.4. The van der Waals surface area contributed by atoms with Crippen molar-refractivity contribution in [2.75, 3.05) is 11.8 Å². The zero-order valence-corrected chi connectivity index (χ0v) is 13.0. The molecule has 0 spiro atoms. The summed E-state index contributed by atoms with van der Waals surface area (Å²) in [6, 6.07) is 2.08. The average molecular weight is 348 g/mol. The van der Waals surface area contributed by atoms with Gasteiger partial charge in [-0.15, -0.1) is 0 Å². The van der Waals surface area contributed by atoms with Gasteiger partial charge in [0.2, 0.25) is 0 Å². The van der Waals surface area contributed by atoms with Crippen LogP contribution in [0.1, 0.15) is 15.4 Å². The molecule has 0 fully saturated rings. The summed E-state index contributed by atoms with van der Waals surface area (Å²) in [5.74, 6) is -2.78. The number of methoxy groups -OCH3 is 1. The van der Waals surface area contributed by atoms with Crippen molar-refractivity contribution < 1.29 is 26.7 Å². The highest BCUT2D eigenvalue weighted by Gasteiger charge is 2.23. The van der Waals surface area contributed by atoms with E-state index in [0.29, 0.717) is 6.07 Å². The molecule has 0 atom stereocenters. The van der Waals surface area contributed by atoms with E-state index in [1.807, 2.05) is 4.72 Å². The van der Waals surface area contributed by atoms with Gasteiger partial charge in [-0.25, -0.2) is 27.0 Å². The van der Waals surface area contributed by atoms with Crippen molar-refractivity contribution in [3.05, 3.63) is 40.4 Å². The molecule has 1 aromatic carbocycles. The first-order valence-corrected chi connectivity index (χ1v) is 8.08. The number of sulfonamides is 1. The van der Waals surface area contributed by atoms with Gasteiger partial charge in [0.05, 0.1) is 12.8 Å². The van der Waals surface area contributed by atoms with E-state index in [1.54, 1.807) is 0 Å². The second-order valence-electron chi connectivity index (χ2n) is 4.11. The van der Waals surface area contributed by atoms with Gasteiger partial charge in [-0.3, -0.25) is 4.72 Å². The number of aryl methyl sites for hydroxylation is 1. The molecule has 10 heteroatoms. The van der Waals surface area contributed by atoms with Crippen LogP contribution in [0.2, 0.25) is 0 Å². The predicted molar refractivity (Wildman–Crippen MR) is 75.4 cm³/mol. The lowest BCUT2D eigenvalue weighted by Crippen LogP contribution is -2.14. The molecule has 2 aromatic rings. The van der Waals surface area contributed by atoms with Gasteiger partial charge >= 0.3 is 5.97 Å². The molecule has 0 aliphatic carbocycles. The molecule has 118 valence electrons. The lowest BCUT2D eigenvalue weighted by Gasteiger charge is -2.06. The van der Waals surface area contributed by atoms with Crippen molar-refractivity contribution in [1.82, 2.24) is 4.98 Å². The number of carbonyl (C=O) groups is 1. The highest BCUT2D eigenvalue weighted by atomic mass is 32.2. The zero-order chi connectivity index (χ0) is 16.5. The molecule has 0 aliphatic rings. The second kappa shape index (κ2) is 5.97. The Hall–Kier alpha value is -2.07. The summed E-state index contributed by atoms with van der Waals surface area (Å²) in [7, 11) is -3.11. The van der Waals surface area contributed by atoms with Gasteiger partial charge in [-0.2, -0.15) is 0 Å². The second-order valence-corrected chi connectivity index (χ2v) is 6.76. The Morgan fingerprint density at radius 2 is 2.05 bits per heavy atom. The summed E-state index contributed by atoms with van der Waals surface area (Å²) >= 11 is 0.750. The number of thiazole rings is 1. The number of nitrogens with one attached hydrogen (secondary N) is 1. The van der Waals surface area contributed by atoms with Crippen LogP contribution < -0.4 is 4.72 Å². The Morgan fingerprint density at radius 3 is 2.64 bits per heavy atom. The number of ether oxygens (including phenoxy) is 1. The Morgan fingerprint density at radius 1 is 1.36 bits per heavy atom. The van der Waals surface area contributed by atoms with Crippen LogP contribution in [0.5, 0.6) is 0 Å². The van der Waals surface area contributed by atoms with Crippen LogP contribution in [0.15, 0.2) is 23.1 Å². The summed E-state index contributed by atoms with van der Waals surface area (Å²) in [6.45, 7) is 1.50. The molecule has 0 radical (unpaired) electrons. The fourth-order valence-electron chi connectivity index (χ4n) is 1.59. The smallest absolute Gasteiger partial charge is 0.350 e. The van der Waals surface area contributed by atoms with E-state index >= 15 is 0 Å². The number of anilines is 1. The third-order valence-electron chi connectivity index (χ3n) is 2.57. The predicted octanol–water partition coefficient (Wildman–Crippen LogP) is 2.32. The SMILES string of the molecule is COC(=O)c1sc(NS(=O)(=O)c2ccc(F)cc2F)nc1C. The van der Waals surface area contributed by atoms with Gasteiger partial charge in [0.25, 0.3) is 10.0 Å². The van der Waals surface area contributed by atoms with Crippen molar-refractivity contribution in [1.29, 1.82) is 0 Å². The Kier molecular flexibility index (Phi) is 4.42. The minimum absolute atomic E-state index is 0.123. The first-order chi connectivity index (χ1) is 10.2. The molecule has 0 amide bonds. The number of hydrogen-bond acceptors (Lipinski definition) is 6. The molecular weight excluding hydrogens is 338 g/mol. The summed E-state index contributed by atoms with van der Waals surface area (Å²) in [5.41, 5.74) is 0.272. The van der Waals surface area contributed by atoms with Crippen LogP contribution in [-0.4, -0.2) is 26.5 Å². The number of hydrogen-bond donors (Lipinski definition) is 1. The number of rotatable bonds is 4. The maximum atomic E-state index is 13.6. The number of nitrogens with zero attached hydrogens (tertiary/aromatic N) is 1. The average Bonchev–Trinajstić information content (AvgIpc) is 2.77. The third kappa shape index (κ3) is 3.22. The van der Waals surface area contributed by atoms with E-state index in [1.165, 1.54) is 14.0 Å². The number of esters is 1. The molecule has 0 aliphatic heterocycles. The molecule has 2 rings (SSSR count). The van der Waals surface area contributed by atoms with Crippen LogP contribution in [0.25, 0.3) is 0 Å². The number of carbonyl (C=O) groups excluding carboxylic acids is 1. The van der Waals surface area contributed by atoms with Crippen molar-refractivity contribution in [2.24, 2.45) is 0 Å². The van der Waals surface area contributed by atoms with E-state index < -0.39 is 32.5 Å². The topological polar surface area (TPSA) is 85.4 Å². The van der Waals surface area contributed by atoms with Crippen molar-refractivity contribution >= 4 is 32.5 Å². The molecule has 0 bridgehead atoms. The van der Waals surface area contributed by atoms with E-state index in [0.717, 1.165) is 23.5 Å². The van der Waals surface area contributed by atoms with Crippen LogP contribution in [0.4, 0.5) is 13.9 Å². The first-order valence-electron chi connectivity index (χ1n) is 5.78. The number of halogens is 2. The highest BCUT2D eigenvalue weighted by molar-refractivity contribution is 7.93. The van der Waals surface area contributed by atoms with Crippen LogP contribution in [-0.2, 0) is 14.8 Å². The summed E-state index contributed by atoms with van der Waals surface area (Å²) in [5, 5.41) is -0.123. The van der Waals surface area contributed by atoms with Crippen LogP contribution >= 0.6 is 11.3 Å². The molecule has 22 heavy (non-hydrogen) atoms. The van der Waals surface area contributed by atoms with Crippen LogP contribution in [0, 0.1) is 18.6 Å². The first kappa shape index (κ1) is 16.3. The lowest BCUT2D eigenvalue weighted by molar-refractivity contribution is 0.0605. The largest absolute Gasteiger partial charge is 0.465 e.